The third kappa shape index (κ3) is 4.66. The molecule has 1 N–H and O–H groups in total. The Balaban J connectivity index is 1.37. The maximum Gasteiger partial charge on any atom is 0.308 e. The number of furan rings is 1. The van der Waals surface area contributed by atoms with Gasteiger partial charge in [-0.05, 0) is 54.6 Å². The van der Waals surface area contributed by atoms with Crippen LogP contribution in [0.15, 0.2) is 79.6 Å². The average Bonchev–Trinajstić information content (AvgIpc) is 3.60. The van der Waals surface area contributed by atoms with E-state index in [0.717, 1.165) is 27.6 Å². The lowest BCUT2D eigenvalue weighted by Gasteiger charge is -2.29. The number of imide groups is 1. The molecule has 2 aliphatic rings. The monoisotopic (exact) mass is 663 g/mol. The molecule has 39 heavy (non-hydrogen) atoms. The normalized spacial score (nSPS) is 20.2. The van der Waals surface area contributed by atoms with Crippen LogP contribution in [0.25, 0.3) is 0 Å². The van der Waals surface area contributed by atoms with Crippen molar-refractivity contribution in [2.45, 2.75) is 22.7 Å². The van der Waals surface area contributed by atoms with Crippen molar-refractivity contribution in [3.8, 4) is 0 Å². The number of anilines is 2. The number of nitrogens with zero attached hydrogens (tertiary/aromatic N) is 2. The van der Waals surface area contributed by atoms with Crippen LogP contribution in [0.5, 0.6) is 0 Å². The fourth-order valence-corrected chi connectivity index (χ4v) is 8.11. The van der Waals surface area contributed by atoms with Crippen molar-refractivity contribution in [2.24, 2.45) is 5.92 Å². The maximum absolute atomic E-state index is 13.7. The molecule has 4 heterocycles. The van der Waals surface area contributed by atoms with Gasteiger partial charge in [0.05, 0.1) is 43.7 Å². The SMILES string of the molecule is O=C(Cn1c2c(sc1=O)[C@@H](c1ccco1)[C@@H]1C(=O)N(c3ccc(Br)cc3)C(=O)[C@@H]1S2)Nc1ccc(Cl)c(Cl)c1. The van der Waals surface area contributed by atoms with Gasteiger partial charge in [0, 0.05) is 10.2 Å². The Kier molecular flexibility index (Phi) is 6.96. The molecule has 0 radical (unpaired) electrons. The summed E-state index contributed by atoms with van der Waals surface area (Å²) in [4.78, 5) is 54.9. The molecule has 0 unspecified atom stereocenters. The zero-order valence-electron chi connectivity index (χ0n) is 19.6. The van der Waals surface area contributed by atoms with Crippen LogP contribution in [0.1, 0.15) is 16.6 Å². The molecule has 0 aliphatic carbocycles. The van der Waals surface area contributed by atoms with Gasteiger partial charge in [-0.2, -0.15) is 0 Å². The summed E-state index contributed by atoms with van der Waals surface area (Å²) in [5.41, 5.74) is 0.887. The van der Waals surface area contributed by atoms with E-state index < -0.39 is 23.0 Å². The molecular formula is C26H16BrCl2N3O5S2. The topological polar surface area (TPSA) is 102 Å². The van der Waals surface area contributed by atoms with Crippen LogP contribution in [-0.2, 0) is 20.9 Å². The molecule has 6 rings (SSSR count). The van der Waals surface area contributed by atoms with Crippen molar-refractivity contribution in [3.63, 3.8) is 0 Å². The van der Waals surface area contributed by atoms with E-state index in [9.17, 15) is 19.2 Å². The molecule has 4 aromatic rings. The average molecular weight is 665 g/mol. The van der Waals surface area contributed by atoms with Gasteiger partial charge in [-0.3, -0.25) is 23.7 Å². The molecule has 2 aliphatic heterocycles. The Hall–Kier alpha value is -2.83. The van der Waals surface area contributed by atoms with E-state index in [1.807, 2.05) is 0 Å². The Bertz CT molecular complexity index is 1690. The molecule has 0 spiro atoms. The zero-order chi connectivity index (χ0) is 27.4. The number of hydrogen-bond acceptors (Lipinski definition) is 7. The lowest BCUT2D eigenvalue weighted by molar-refractivity contribution is -0.122. The van der Waals surface area contributed by atoms with E-state index in [2.05, 4.69) is 21.2 Å². The summed E-state index contributed by atoms with van der Waals surface area (Å²) in [5.74, 6) is -2.17. The third-order valence-corrected chi connectivity index (χ3v) is 10.4. The minimum atomic E-state index is -0.804. The van der Waals surface area contributed by atoms with Gasteiger partial charge in [0.2, 0.25) is 17.7 Å². The van der Waals surface area contributed by atoms with Gasteiger partial charge >= 0.3 is 4.87 Å². The van der Waals surface area contributed by atoms with Gasteiger partial charge in [0.1, 0.15) is 17.6 Å². The van der Waals surface area contributed by atoms with Crippen LogP contribution in [0.4, 0.5) is 11.4 Å². The molecular weight excluding hydrogens is 649 g/mol. The van der Waals surface area contributed by atoms with Crippen LogP contribution in [0, 0.1) is 5.92 Å². The lowest BCUT2D eigenvalue weighted by atomic mass is 9.87. The maximum atomic E-state index is 13.7. The summed E-state index contributed by atoms with van der Waals surface area (Å²) in [6, 6.07) is 15.0. The number of benzene rings is 2. The second-order valence-electron chi connectivity index (χ2n) is 8.85. The standard InChI is InChI=1S/C26H16BrCl2N3O5S2/c27-12-3-6-14(7-4-12)32-23(34)20-19(17-2-1-9-37-17)22-25(38-21(20)24(32)35)31(26(36)39-22)11-18(33)30-13-5-8-15(28)16(29)10-13/h1-10,19-21H,11H2,(H,30,33)/t19-,20-,21+/m0/s1. The smallest absolute Gasteiger partial charge is 0.308 e. The lowest BCUT2D eigenvalue weighted by Crippen LogP contribution is -2.32. The predicted octanol–water partition coefficient (Wildman–Crippen LogP) is 6.01. The van der Waals surface area contributed by atoms with Gasteiger partial charge in [0.15, 0.2) is 0 Å². The number of fused-ring (bicyclic) bond motifs is 2. The zero-order valence-corrected chi connectivity index (χ0v) is 24.3. The van der Waals surface area contributed by atoms with Crippen molar-refractivity contribution in [3.05, 3.63) is 95.7 Å². The number of hydrogen-bond donors (Lipinski definition) is 1. The Morgan fingerprint density at radius 3 is 2.49 bits per heavy atom. The van der Waals surface area contributed by atoms with Crippen molar-refractivity contribution < 1.29 is 18.8 Å². The highest BCUT2D eigenvalue weighted by Crippen LogP contribution is 2.54. The molecule has 3 atom stereocenters. The van der Waals surface area contributed by atoms with Crippen LogP contribution in [-0.4, -0.2) is 27.5 Å². The molecule has 198 valence electrons. The van der Waals surface area contributed by atoms with E-state index in [-0.39, 0.29) is 28.3 Å². The number of thioether (sulfide) groups is 1. The molecule has 0 bridgehead atoms. The quantitative estimate of drug-likeness (QED) is 0.263. The van der Waals surface area contributed by atoms with Crippen LogP contribution in [0.3, 0.4) is 0 Å². The van der Waals surface area contributed by atoms with Crippen LogP contribution in [0.2, 0.25) is 10.0 Å². The highest BCUT2D eigenvalue weighted by atomic mass is 79.9. The highest BCUT2D eigenvalue weighted by molar-refractivity contribution is 9.10. The molecule has 0 saturated carbocycles. The minimum absolute atomic E-state index is 0.280. The summed E-state index contributed by atoms with van der Waals surface area (Å²) >= 11 is 17.5. The second-order valence-corrected chi connectivity index (χ2v) is 12.7. The molecule has 1 saturated heterocycles. The number of rotatable bonds is 5. The van der Waals surface area contributed by atoms with Crippen LogP contribution < -0.4 is 15.1 Å². The third-order valence-electron chi connectivity index (χ3n) is 6.49. The molecule has 13 heteroatoms. The number of thiazole rings is 1. The largest absolute Gasteiger partial charge is 0.469 e. The van der Waals surface area contributed by atoms with E-state index in [1.165, 1.54) is 21.8 Å². The summed E-state index contributed by atoms with van der Waals surface area (Å²) in [5, 5.41) is 3.01. The van der Waals surface area contributed by atoms with Crippen molar-refractivity contribution >= 4 is 91.3 Å². The van der Waals surface area contributed by atoms with E-state index >= 15 is 0 Å². The number of amides is 3. The first kappa shape index (κ1) is 26.4. The first-order valence-electron chi connectivity index (χ1n) is 11.5. The number of aromatic nitrogens is 1. The van der Waals surface area contributed by atoms with Gasteiger partial charge in [-0.25, -0.2) is 4.90 Å². The number of carbonyl (C=O) groups is 3. The van der Waals surface area contributed by atoms with Crippen LogP contribution >= 0.6 is 62.2 Å². The molecule has 1 fully saturated rings. The fraction of sp³-hybridized carbons (Fsp3) is 0.154. The van der Waals surface area contributed by atoms with E-state index in [1.54, 1.807) is 48.5 Å². The van der Waals surface area contributed by atoms with Gasteiger partial charge in [-0.15, -0.1) is 0 Å². The van der Waals surface area contributed by atoms with Gasteiger partial charge in [0.25, 0.3) is 0 Å². The molecule has 2 aromatic carbocycles. The molecule has 3 amide bonds. The number of nitrogens with one attached hydrogen (secondary N) is 1. The molecule has 2 aromatic heterocycles. The first-order chi connectivity index (χ1) is 18.7. The van der Waals surface area contributed by atoms with Gasteiger partial charge in [-0.1, -0.05) is 62.2 Å². The minimum Gasteiger partial charge on any atom is -0.469 e. The highest BCUT2D eigenvalue weighted by Gasteiger charge is 2.57. The fourth-order valence-electron chi connectivity index (χ4n) is 4.79. The summed E-state index contributed by atoms with van der Waals surface area (Å²) in [6.07, 6.45) is 1.49. The van der Waals surface area contributed by atoms with E-state index in [4.69, 9.17) is 27.6 Å². The number of carbonyl (C=O) groups excluding carboxylic acids is 3. The summed E-state index contributed by atoms with van der Waals surface area (Å²) in [7, 11) is 0. The summed E-state index contributed by atoms with van der Waals surface area (Å²) < 4.78 is 7.86. The van der Waals surface area contributed by atoms with E-state index in [0.29, 0.717) is 32.1 Å². The molecule has 8 nitrogen and oxygen atoms in total. The Labute approximate surface area is 248 Å². The first-order valence-corrected chi connectivity index (χ1v) is 14.8. The van der Waals surface area contributed by atoms with Crippen molar-refractivity contribution in [1.29, 1.82) is 0 Å². The predicted molar refractivity (Wildman–Crippen MR) is 154 cm³/mol. The summed E-state index contributed by atoms with van der Waals surface area (Å²) in [6.45, 7) is -0.293. The Morgan fingerprint density at radius 1 is 1.03 bits per heavy atom. The number of halogens is 3. The Morgan fingerprint density at radius 2 is 1.79 bits per heavy atom. The van der Waals surface area contributed by atoms with Crippen molar-refractivity contribution in [1.82, 2.24) is 4.57 Å². The van der Waals surface area contributed by atoms with Crippen molar-refractivity contribution in [2.75, 3.05) is 10.2 Å². The second kappa shape index (κ2) is 10.3. The van der Waals surface area contributed by atoms with Gasteiger partial charge < -0.3 is 9.73 Å².